The van der Waals surface area contributed by atoms with E-state index in [1.54, 1.807) is 22.9 Å². The average molecular weight is 337 g/mol. The van der Waals surface area contributed by atoms with E-state index in [0.29, 0.717) is 24.7 Å². The van der Waals surface area contributed by atoms with Crippen LogP contribution in [0.5, 0.6) is 0 Å². The summed E-state index contributed by atoms with van der Waals surface area (Å²) in [6.45, 7) is 1.03. The zero-order chi connectivity index (χ0) is 17.2. The Kier molecular flexibility index (Phi) is 4.17. The second kappa shape index (κ2) is 6.62. The van der Waals surface area contributed by atoms with Crippen molar-refractivity contribution in [3.05, 3.63) is 66.2 Å². The summed E-state index contributed by atoms with van der Waals surface area (Å²) < 4.78 is 7.18. The molecule has 0 aliphatic carbocycles. The lowest BCUT2D eigenvalue weighted by Gasteiger charge is -2.27. The molecule has 3 N–H and O–H groups in total. The molecule has 1 saturated heterocycles. The van der Waals surface area contributed by atoms with Crippen molar-refractivity contribution in [3.63, 3.8) is 0 Å². The number of aromatic nitrogens is 3. The van der Waals surface area contributed by atoms with E-state index in [4.69, 9.17) is 10.5 Å². The van der Waals surface area contributed by atoms with E-state index in [9.17, 15) is 4.79 Å². The zero-order valence-corrected chi connectivity index (χ0v) is 13.6. The van der Waals surface area contributed by atoms with Crippen molar-refractivity contribution >= 4 is 11.7 Å². The molecule has 1 fully saturated rings. The average Bonchev–Trinajstić information content (AvgIpc) is 3.26. The SMILES string of the molecule is N[C@@H]1COC[C@H]1C(NC(=O)c1cnc2ncccn12)c1ccccc1. The summed E-state index contributed by atoms with van der Waals surface area (Å²) in [6, 6.07) is 11.3. The van der Waals surface area contributed by atoms with Gasteiger partial charge < -0.3 is 15.8 Å². The van der Waals surface area contributed by atoms with Crippen molar-refractivity contribution in [1.29, 1.82) is 0 Å². The first-order chi connectivity index (χ1) is 12.2. The van der Waals surface area contributed by atoms with Crippen molar-refractivity contribution < 1.29 is 9.53 Å². The molecular formula is C18H19N5O2. The van der Waals surface area contributed by atoms with Crippen LogP contribution in [0, 0.1) is 5.92 Å². The van der Waals surface area contributed by atoms with Crippen LogP contribution in [-0.4, -0.2) is 39.5 Å². The lowest BCUT2D eigenvalue weighted by Crippen LogP contribution is -2.41. The summed E-state index contributed by atoms with van der Waals surface area (Å²) >= 11 is 0. The van der Waals surface area contributed by atoms with Crippen molar-refractivity contribution in [2.75, 3.05) is 13.2 Å². The van der Waals surface area contributed by atoms with Gasteiger partial charge >= 0.3 is 0 Å². The van der Waals surface area contributed by atoms with Gasteiger partial charge in [0.1, 0.15) is 5.69 Å². The van der Waals surface area contributed by atoms with E-state index in [1.165, 1.54) is 6.20 Å². The van der Waals surface area contributed by atoms with Gasteiger partial charge in [0.15, 0.2) is 0 Å². The molecule has 128 valence electrons. The van der Waals surface area contributed by atoms with Gasteiger partial charge in [-0.3, -0.25) is 9.20 Å². The number of benzene rings is 1. The molecule has 1 aliphatic rings. The van der Waals surface area contributed by atoms with Gasteiger partial charge in [0.2, 0.25) is 5.78 Å². The predicted molar refractivity (Wildman–Crippen MR) is 91.9 cm³/mol. The monoisotopic (exact) mass is 337 g/mol. The Balaban J connectivity index is 1.65. The maximum Gasteiger partial charge on any atom is 0.270 e. The predicted octanol–water partition coefficient (Wildman–Crippen LogP) is 1.17. The topological polar surface area (TPSA) is 94.5 Å². The number of imidazole rings is 1. The van der Waals surface area contributed by atoms with Gasteiger partial charge in [-0.2, -0.15) is 0 Å². The fourth-order valence-corrected chi connectivity index (χ4v) is 3.24. The van der Waals surface area contributed by atoms with E-state index < -0.39 is 0 Å². The number of hydrogen-bond donors (Lipinski definition) is 2. The van der Waals surface area contributed by atoms with Crippen LogP contribution in [0.25, 0.3) is 5.78 Å². The number of nitrogens with two attached hydrogens (primary N) is 1. The van der Waals surface area contributed by atoms with Crippen LogP contribution >= 0.6 is 0 Å². The molecule has 4 rings (SSSR count). The summed E-state index contributed by atoms with van der Waals surface area (Å²) in [5, 5.41) is 3.11. The number of carbonyl (C=O) groups is 1. The van der Waals surface area contributed by atoms with Crippen LogP contribution in [0.3, 0.4) is 0 Å². The zero-order valence-electron chi connectivity index (χ0n) is 13.6. The fourth-order valence-electron chi connectivity index (χ4n) is 3.24. The Labute approximate surface area is 144 Å². The van der Waals surface area contributed by atoms with Crippen molar-refractivity contribution in [1.82, 2.24) is 19.7 Å². The second-order valence-corrected chi connectivity index (χ2v) is 6.16. The highest BCUT2D eigenvalue weighted by Crippen LogP contribution is 2.28. The second-order valence-electron chi connectivity index (χ2n) is 6.16. The molecule has 2 aromatic heterocycles. The largest absolute Gasteiger partial charge is 0.379 e. The number of ether oxygens (including phenoxy) is 1. The van der Waals surface area contributed by atoms with Crippen molar-refractivity contribution in [3.8, 4) is 0 Å². The van der Waals surface area contributed by atoms with E-state index in [1.807, 2.05) is 30.3 Å². The maximum absolute atomic E-state index is 12.9. The van der Waals surface area contributed by atoms with Crippen molar-refractivity contribution in [2.24, 2.45) is 11.7 Å². The molecule has 0 spiro atoms. The molecule has 1 aromatic carbocycles. The highest BCUT2D eigenvalue weighted by Gasteiger charge is 2.34. The fraction of sp³-hybridized carbons (Fsp3) is 0.278. The molecule has 0 saturated carbocycles. The number of nitrogens with zero attached hydrogens (tertiary/aromatic N) is 3. The summed E-state index contributed by atoms with van der Waals surface area (Å²) in [4.78, 5) is 21.2. The molecule has 1 aliphatic heterocycles. The Morgan fingerprint density at radius 2 is 2.08 bits per heavy atom. The van der Waals surface area contributed by atoms with Gasteiger partial charge in [-0.15, -0.1) is 0 Å². The normalized spacial score (nSPS) is 21.3. The Bertz CT molecular complexity index is 879. The van der Waals surface area contributed by atoms with E-state index in [-0.39, 0.29) is 23.9 Å². The highest BCUT2D eigenvalue weighted by molar-refractivity contribution is 5.93. The third-order valence-electron chi connectivity index (χ3n) is 4.57. The molecule has 3 aromatic rings. The summed E-state index contributed by atoms with van der Waals surface area (Å²) in [6.07, 6.45) is 4.95. The molecule has 3 atom stereocenters. The van der Waals surface area contributed by atoms with E-state index in [0.717, 1.165) is 5.56 Å². The third-order valence-corrected chi connectivity index (χ3v) is 4.57. The number of hydrogen-bond acceptors (Lipinski definition) is 5. The summed E-state index contributed by atoms with van der Waals surface area (Å²) in [5.41, 5.74) is 7.65. The maximum atomic E-state index is 12.9. The minimum Gasteiger partial charge on any atom is -0.379 e. The van der Waals surface area contributed by atoms with E-state index >= 15 is 0 Å². The number of nitrogens with one attached hydrogen (secondary N) is 1. The van der Waals surface area contributed by atoms with Gasteiger partial charge in [0.05, 0.1) is 25.5 Å². The first-order valence-corrected chi connectivity index (χ1v) is 8.21. The molecule has 1 amide bonds. The van der Waals surface area contributed by atoms with Gasteiger partial charge in [-0.1, -0.05) is 30.3 Å². The lowest BCUT2D eigenvalue weighted by molar-refractivity contribution is 0.0908. The van der Waals surface area contributed by atoms with Crippen LogP contribution in [0.15, 0.2) is 55.0 Å². The lowest BCUT2D eigenvalue weighted by atomic mass is 9.89. The Morgan fingerprint density at radius 1 is 1.24 bits per heavy atom. The first-order valence-electron chi connectivity index (χ1n) is 8.21. The summed E-state index contributed by atoms with van der Waals surface area (Å²) in [5.74, 6) is 0.293. The van der Waals surface area contributed by atoms with Crippen molar-refractivity contribution in [2.45, 2.75) is 12.1 Å². The molecule has 0 radical (unpaired) electrons. The molecule has 25 heavy (non-hydrogen) atoms. The van der Waals surface area contributed by atoms with Crippen LogP contribution in [0.1, 0.15) is 22.1 Å². The molecule has 1 unspecified atom stereocenters. The standard InChI is InChI=1S/C18H19N5O2/c19-14-11-25-10-13(14)16(12-5-2-1-3-6-12)22-17(24)15-9-21-18-20-7-4-8-23(15)18/h1-9,13-14,16H,10-11,19H2,(H,22,24)/t13-,14-,16?/m1/s1. The highest BCUT2D eigenvalue weighted by atomic mass is 16.5. The molecule has 0 bridgehead atoms. The first kappa shape index (κ1) is 15.7. The van der Waals surface area contributed by atoms with Gasteiger partial charge in [-0.25, -0.2) is 9.97 Å². The van der Waals surface area contributed by atoms with Gasteiger partial charge in [0.25, 0.3) is 5.91 Å². The third kappa shape index (κ3) is 2.99. The smallest absolute Gasteiger partial charge is 0.270 e. The minimum absolute atomic E-state index is 0.0173. The minimum atomic E-state index is -0.228. The number of rotatable bonds is 4. The Hall–Kier alpha value is -2.77. The van der Waals surface area contributed by atoms with Crippen LogP contribution in [0.2, 0.25) is 0 Å². The quantitative estimate of drug-likeness (QED) is 0.745. The summed E-state index contributed by atoms with van der Waals surface area (Å²) in [7, 11) is 0. The molecule has 3 heterocycles. The Morgan fingerprint density at radius 3 is 2.84 bits per heavy atom. The molecule has 7 nitrogen and oxygen atoms in total. The van der Waals surface area contributed by atoms with Gasteiger partial charge in [0, 0.05) is 24.4 Å². The van der Waals surface area contributed by atoms with Crippen LogP contribution < -0.4 is 11.1 Å². The number of fused-ring (bicyclic) bond motifs is 1. The van der Waals surface area contributed by atoms with Crippen LogP contribution in [-0.2, 0) is 4.74 Å². The van der Waals surface area contributed by atoms with Crippen LogP contribution in [0.4, 0.5) is 0 Å². The number of carbonyl (C=O) groups excluding carboxylic acids is 1. The molecular weight excluding hydrogens is 318 g/mol. The number of amides is 1. The molecule has 7 heteroatoms. The van der Waals surface area contributed by atoms with Gasteiger partial charge in [-0.05, 0) is 11.6 Å². The van der Waals surface area contributed by atoms with E-state index in [2.05, 4.69) is 15.3 Å².